The highest BCUT2D eigenvalue weighted by Gasteiger charge is 2.47. The quantitative estimate of drug-likeness (QED) is 0.165. The molecule has 10 N–H and O–H groups in total. The molecule has 2 aromatic rings. The monoisotopic (exact) mass is 628 g/mol. The number of carbonyl (C=O) groups excluding carboxylic acids is 1. The van der Waals surface area contributed by atoms with Crippen LogP contribution in [0.4, 0.5) is 0 Å². The zero-order chi connectivity index (χ0) is 31.2. The second kappa shape index (κ2) is 13.4. The molecule has 16 nitrogen and oxygen atoms in total. The fourth-order valence-corrected chi connectivity index (χ4v) is 5.20. The van der Waals surface area contributed by atoms with Gasteiger partial charge in [0.2, 0.25) is 6.29 Å². The maximum atomic E-state index is 12.9. The topological polar surface area (TPSA) is 266 Å². The zero-order valence-electron chi connectivity index (χ0n) is 23.6. The van der Waals surface area contributed by atoms with Crippen molar-refractivity contribution in [3.63, 3.8) is 0 Å². The van der Waals surface area contributed by atoms with Crippen LogP contribution in [-0.2, 0) is 14.2 Å². The Balaban J connectivity index is 0.00000442. The van der Waals surface area contributed by atoms with Crippen molar-refractivity contribution >= 4 is 5.78 Å². The highest BCUT2D eigenvalue weighted by Crippen LogP contribution is 2.43. The Morgan fingerprint density at radius 1 is 0.841 bits per heavy atom. The van der Waals surface area contributed by atoms with Crippen LogP contribution in [0.2, 0.25) is 0 Å². The van der Waals surface area contributed by atoms with Crippen molar-refractivity contribution in [1.29, 1.82) is 0 Å². The first-order valence-corrected chi connectivity index (χ1v) is 13.5. The number of ketones is 1. The number of phenols is 2. The second-order valence-corrected chi connectivity index (χ2v) is 10.6. The number of Topliss-reactive ketones (excluding diaryl/α,β-unsaturated/α-hetero) is 1. The fourth-order valence-electron chi connectivity index (χ4n) is 5.20. The molecular formula is C28H36O16. The minimum Gasteiger partial charge on any atom is -0.507 e. The van der Waals surface area contributed by atoms with E-state index in [9.17, 15) is 45.6 Å². The Morgan fingerprint density at radius 2 is 1.52 bits per heavy atom. The van der Waals surface area contributed by atoms with Crippen molar-refractivity contribution in [2.75, 3.05) is 13.7 Å². The molecular weight excluding hydrogens is 592 g/mol. The number of benzene rings is 2. The molecule has 3 heterocycles. The van der Waals surface area contributed by atoms with Gasteiger partial charge >= 0.3 is 0 Å². The second-order valence-electron chi connectivity index (χ2n) is 10.6. The molecule has 0 radical (unpaired) electrons. The SMILES string of the molecule is COc1ccc(C2CC(=O)c3c(O)cc(OC4OC(COC5OC(C)C(O)C(O)C5O)C(O)C(O)C4O)cc3O2)cc1O.O. The lowest BCUT2D eigenvalue weighted by Crippen LogP contribution is -2.61. The van der Waals surface area contributed by atoms with Crippen LogP contribution in [0.15, 0.2) is 30.3 Å². The van der Waals surface area contributed by atoms with Crippen molar-refractivity contribution in [3.8, 4) is 28.7 Å². The third kappa shape index (κ3) is 6.40. The lowest BCUT2D eigenvalue weighted by molar-refractivity contribution is -0.318. The molecule has 11 unspecified atom stereocenters. The predicted molar refractivity (Wildman–Crippen MR) is 144 cm³/mol. The number of phenolic OH excluding ortho intramolecular Hbond substituents is 2. The lowest BCUT2D eigenvalue weighted by atomic mass is 9.95. The van der Waals surface area contributed by atoms with E-state index in [-0.39, 0.29) is 40.5 Å². The zero-order valence-corrected chi connectivity index (χ0v) is 23.6. The Bertz CT molecular complexity index is 1320. The standard InChI is InChI=1S/C28H34O15.H2O/c1-10-21(32)23(34)25(36)27(40-10)39-9-19-22(33)24(35)26(37)28(43-19)41-12-6-14(30)20-15(31)8-17(42-18(20)7-12)11-3-4-16(38-2)13(29)5-11;/h3-7,10,17,19,21-30,32-37H,8-9H2,1-2H3;1H2. The number of fused-ring (bicyclic) bond motifs is 1. The van der Waals surface area contributed by atoms with Crippen LogP contribution in [0.1, 0.15) is 35.4 Å². The Labute approximate surface area is 250 Å². The molecule has 2 fully saturated rings. The first kappa shape index (κ1) is 33.6. The van der Waals surface area contributed by atoms with Gasteiger partial charge in [-0.25, -0.2) is 0 Å². The van der Waals surface area contributed by atoms with Gasteiger partial charge in [0.15, 0.2) is 23.6 Å². The van der Waals surface area contributed by atoms with E-state index in [0.29, 0.717) is 5.56 Å². The number of methoxy groups -OCH3 is 1. The molecule has 44 heavy (non-hydrogen) atoms. The summed E-state index contributed by atoms with van der Waals surface area (Å²) in [5.41, 5.74) is 0.373. The molecule has 11 atom stereocenters. The summed E-state index contributed by atoms with van der Waals surface area (Å²) in [4.78, 5) is 12.9. The average molecular weight is 629 g/mol. The molecule has 16 heteroatoms. The number of aliphatic hydroxyl groups is 6. The molecule has 0 aliphatic carbocycles. The van der Waals surface area contributed by atoms with E-state index in [0.717, 1.165) is 6.07 Å². The summed E-state index contributed by atoms with van der Waals surface area (Å²) in [7, 11) is 1.39. The van der Waals surface area contributed by atoms with Crippen LogP contribution in [-0.4, -0.2) is 127 Å². The van der Waals surface area contributed by atoms with Crippen molar-refractivity contribution < 1.29 is 79.5 Å². The molecule has 0 saturated carbocycles. The first-order chi connectivity index (χ1) is 20.4. The number of ether oxygens (including phenoxy) is 6. The Kier molecular flexibility index (Phi) is 10.2. The summed E-state index contributed by atoms with van der Waals surface area (Å²) in [5.74, 6) is -0.999. The molecule has 0 aromatic heterocycles. The van der Waals surface area contributed by atoms with Crippen molar-refractivity contribution in [3.05, 3.63) is 41.5 Å². The minimum absolute atomic E-state index is 0. The first-order valence-electron chi connectivity index (χ1n) is 13.5. The molecule has 0 bridgehead atoms. The molecule has 2 aromatic carbocycles. The molecule has 0 spiro atoms. The van der Waals surface area contributed by atoms with Crippen LogP contribution in [0.3, 0.4) is 0 Å². The number of aliphatic hydroxyl groups excluding tert-OH is 6. The van der Waals surface area contributed by atoms with Gasteiger partial charge in [0, 0.05) is 12.1 Å². The van der Waals surface area contributed by atoms with E-state index < -0.39 is 85.7 Å². The van der Waals surface area contributed by atoms with Crippen molar-refractivity contribution in [2.45, 2.75) is 80.9 Å². The molecule has 5 rings (SSSR count). The lowest BCUT2D eigenvalue weighted by Gasteiger charge is -2.42. The van der Waals surface area contributed by atoms with Gasteiger partial charge in [-0.2, -0.15) is 0 Å². The third-order valence-corrected chi connectivity index (χ3v) is 7.70. The van der Waals surface area contributed by atoms with Gasteiger partial charge in [0.05, 0.1) is 26.2 Å². The molecule has 0 amide bonds. The maximum Gasteiger partial charge on any atom is 0.229 e. The summed E-state index contributed by atoms with van der Waals surface area (Å²) in [6.07, 6.45) is -15.9. The van der Waals surface area contributed by atoms with Crippen molar-refractivity contribution in [2.24, 2.45) is 0 Å². The number of hydrogen-bond donors (Lipinski definition) is 8. The van der Waals surface area contributed by atoms with E-state index in [1.54, 1.807) is 6.07 Å². The maximum absolute atomic E-state index is 12.9. The summed E-state index contributed by atoms with van der Waals surface area (Å²) in [5, 5.41) is 82.2. The van der Waals surface area contributed by atoms with Crippen LogP contribution in [0.5, 0.6) is 28.7 Å². The van der Waals surface area contributed by atoms with Gasteiger partial charge in [-0.3, -0.25) is 4.79 Å². The molecule has 3 aliphatic rings. The fraction of sp³-hybridized carbons (Fsp3) is 0.536. The van der Waals surface area contributed by atoms with E-state index in [2.05, 4.69) is 0 Å². The molecule has 3 aliphatic heterocycles. The number of aromatic hydroxyl groups is 2. The van der Waals surface area contributed by atoms with E-state index in [1.807, 2.05) is 0 Å². The number of hydrogen-bond acceptors (Lipinski definition) is 15. The smallest absolute Gasteiger partial charge is 0.229 e. The number of carbonyl (C=O) groups is 1. The van der Waals surface area contributed by atoms with Gasteiger partial charge in [0.25, 0.3) is 0 Å². The van der Waals surface area contributed by atoms with Crippen LogP contribution >= 0.6 is 0 Å². The summed E-state index contributed by atoms with van der Waals surface area (Å²) < 4.78 is 33.1. The predicted octanol–water partition coefficient (Wildman–Crippen LogP) is -1.98. The Hall–Kier alpha value is -3.29. The van der Waals surface area contributed by atoms with Gasteiger partial charge < -0.3 is 74.7 Å². The number of rotatable bonds is 7. The van der Waals surface area contributed by atoms with Gasteiger partial charge in [-0.1, -0.05) is 6.07 Å². The highest BCUT2D eigenvalue weighted by molar-refractivity contribution is 6.02. The van der Waals surface area contributed by atoms with Gasteiger partial charge in [-0.15, -0.1) is 0 Å². The summed E-state index contributed by atoms with van der Waals surface area (Å²) >= 11 is 0. The molecule has 244 valence electrons. The minimum atomic E-state index is -1.77. The van der Waals surface area contributed by atoms with Crippen LogP contribution in [0.25, 0.3) is 0 Å². The normalized spacial score (nSPS) is 35.2. The summed E-state index contributed by atoms with van der Waals surface area (Å²) in [6.45, 7) is 0.964. The highest BCUT2D eigenvalue weighted by atomic mass is 16.7. The van der Waals surface area contributed by atoms with Crippen LogP contribution < -0.4 is 14.2 Å². The van der Waals surface area contributed by atoms with E-state index >= 15 is 0 Å². The third-order valence-electron chi connectivity index (χ3n) is 7.70. The van der Waals surface area contributed by atoms with Gasteiger partial charge in [-0.05, 0) is 24.6 Å². The van der Waals surface area contributed by atoms with E-state index in [1.165, 1.54) is 32.2 Å². The van der Waals surface area contributed by atoms with Gasteiger partial charge in [0.1, 0.15) is 71.6 Å². The van der Waals surface area contributed by atoms with E-state index in [4.69, 9.17) is 28.4 Å². The average Bonchev–Trinajstić information content (AvgIpc) is 2.97. The van der Waals surface area contributed by atoms with Crippen LogP contribution in [0, 0.1) is 0 Å². The largest absolute Gasteiger partial charge is 0.507 e. The molecule has 2 saturated heterocycles. The Morgan fingerprint density at radius 3 is 2.20 bits per heavy atom. The van der Waals surface area contributed by atoms with Crippen molar-refractivity contribution in [1.82, 2.24) is 0 Å². The summed E-state index contributed by atoms with van der Waals surface area (Å²) in [6, 6.07) is 6.90.